The molecule has 2 aliphatic heterocycles. The van der Waals surface area contributed by atoms with Crippen LogP contribution in [0.1, 0.15) is 19.3 Å². The molecule has 0 aromatic rings. The standard InChI is InChI=1S/C11H22N2O2S/c14-16(15)6-2-1-3-10(9-16)11-7-12-4-5-13-8-11/h10-13H,1-9H2. The van der Waals surface area contributed by atoms with E-state index in [2.05, 4.69) is 10.6 Å². The third kappa shape index (κ3) is 3.43. The average molecular weight is 246 g/mol. The third-order valence-corrected chi connectivity index (χ3v) is 5.55. The Hall–Kier alpha value is -0.130. The van der Waals surface area contributed by atoms with Crippen LogP contribution in [0.2, 0.25) is 0 Å². The first-order chi connectivity index (χ1) is 7.67. The van der Waals surface area contributed by atoms with Crippen molar-refractivity contribution < 1.29 is 8.42 Å². The van der Waals surface area contributed by atoms with Crippen LogP contribution in [0.3, 0.4) is 0 Å². The van der Waals surface area contributed by atoms with Gasteiger partial charge in [0.1, 0.15) is 0 Å². The second-order valence-electron chi connectivity index (χ2n) is 5.04. The van der Waals surface area contributed by atoms with Crippen molar-refractivity contribution in [2.75, 3.05) is 37.7 Å². The maximum atomic E-state index is 11.8. The summed E-state index contributed by atoms with van der Waals surface area (Å²) in [6, 6.07) is 0. The predicted molar refractivity (Wildman–Crippen MR) is 65.2 cm³/mol. The van der Waals surface area contributed by atoms with E-state index in [1.165, 1.54) is 0 Å². The highest BCUT2D eigenvalue weighted by molar-refractivity contribution is 7.91. The van der Waals surface area contributed by atoms with Crippen molar-refractivity contribution in [3.8, 4) is 0 Å². The third-order valence-electron chi connectivity index (χ3n) is 3.71. The molecule has 0 spiro atoms. The summed E-state index contributed by atoms with van der Waals surface area (Å²) in [6.07, 6.45) is 3.00. The Morgan fingerprint density at radius 3 is 2.31 bits per heavy atom. The van der Waals surface area contributed by atoms with E-state index in [0.29, 0.717) is 23.3 Å². The summed E-state index contributed by atoms with van der Waals surface area (Å²) < 4.78 is 23.5. The highest BCUT2D eigenvalue weighted by atomic mass is 32.2. The maximum Gasteiger partial charge on any atom is 0.150 e. The Morgan fingerprint density at radius 2 is 1.62 bits per heavy atom. The molecule has 2 N–H and O–H groups in total. The first-order valence-electron chi connectivity index (χ1n) is 6.29. The summed E-state index contributed by atoms with van der Waals surface area (Å²) in [5, 5.41) is 6.77. The average Bonchev–Trinajstić information content (AvgIpc) is 2.57. The van der Waals surface area contributed by atoms with Gasteiger partial charge in [-0.2, -0.15) is 0 Å². The molecule has 5 heteroatoms. The van der Waals surface area contributed by atoms with Gasteiger partial charge in [0, 0.05) is 13.1 Å². The normalized spacial score (nSPS) is 32.9. The summed E-state index contributed by atoms with van der Waals surface area (Å²) in [5.41, 5.74) is 0. The fourth-order valence-electron chi connectivity index (χ4n) is 2.75. The summed E-state index contributed by atoms with van der Waals surface area (Å²) in [4.78, 5) is 0. The van der Waals surface area contributed by atoms with Crippen LogP contribution in [0.4, 0.5) is 0 Å². The lowest BCUT2D eigenvalue weighted by Crippen LogP contribution is -2.34. The molecule has 1 unspecified atom stereocenters. The second-order valence-corrected chi connectivity index (χ2v) is 7.27. The molecule has 2 aliphatic rings. The van der Waals surface area contributed by atoms with Gasteiger partial charge in [-0.05, 0) is 37.8 Å². The van der Waals surface area contributed by atoms with Crippen molar-refractivity contribution in [1.82, 2.24) is 10.6 Å². The number of sulfone groups is 1. The van der Waals surface area contributed by atoms with Crippen LogP contribution in [-0.2, 0) is 9.84 Å². The molecule has 0 aromatic heterocycles. The van der Waals surface area contributed by atoms with Crippen molar-refractivity contribution in [2.24, 2.45) is 11.8 Å². The van der Waals surface area contributed by atoms with Crippen LogP contribution in [0.5, 0.6) is 0 Å². The Kier molecular flexibility index (Phi) is 4.21. The molecule has 2 saturated heterocycles. The molecule has 0 saturated carbocycles. The Labute approximate surface area is 98.1 Å². The van der Waals surface area contributed by atoms with E-state index >= 15 is 0 Å². The van der Waals surface area contributed by atoms with Crippen LogP contribution in [0.25, 0.3) is 0 Å². The van der Waals surface area contributed by atoms with E-state index in [-0.39, 0.29) is 0 Å². The maximum absolute atomic E-state index is 11.8. The Bertz CT molecular complexity index is 308. The molecule has 0 aliphatic carbocycles. The van der Waals surface area contributed by atoms with Crippen LogP contribution in [0, 0.1) is 11.8 Å². The summed E-state index contributed by atoms with van der Waals surface area (Å²) in [6.45, 7) is 3.92. The first kappa shape index (κ1) is 12.3. The molecule has 0 bridgehead atoms. The van der Waals surface area contributed by atoms with Gasteiger partial charge in [0.2, 0.25) is 0 Å². The lowest BCUT2D eigenvalue weighted by atomic mass is 9.89. The molecule has 2 fully saturated rings. The zero-order chi connectivity index (χ0) is 11.4. The van der Waals surface area contributed by atoms with E-state index < -0.39 is 9.84 Å². The number of hydrogen-bond acceptors (Lipinski definition) is 4. The van der Waals surface area contributed by atoms with E-state index in [1.54, 1.807) is 0 Å². The van der Waals surface area contributed by atoms with Crippen LogP contribution in [-0.4, -0.2) is 46.1 Å². The zero-order valence-corrected chi connectivity index (χ0v) is 10.6. The van der Waals surface area contributed by atoms with Crippen LogP contribution >= 0.6 is 0 Å². The molecule has 2 rings (SSSR count). The van der Waals surface area contributed by atoms with Gasteiger partial charge in [-0.25, -0.2) is 8.42 Å². The largest absolute Gasteiger partial charge is 0.315 e. The highest BCUT2D eigenvalue weighted by Gasteiger charge is 2.29. The molecule has 4 nitrogen and oxygen atoms in total. The summed E-state index contributed by atoms with van der Waals surface area (Å²) in [5.74, 6) is 1.64. The SMILES string of the molecule is O=S1(=O)CCCCC(C2CNCCNC2)C1. The van der Waals surface area contributed by atoms with Gasteiger partial charge in [-0.15, -0.1) is 0 Å². The van der Waals surface area contributed by atoms with E-state index in [4.69, 9.17) is 0 Å². The summed E-state index contributed by atoms with van der Waals surface area (Å²) in [7, 11) is -2.79. The van der Waals surface area contributed by atoms with E-state index in [9.17, 15) is 8.42 Å². The van der Waals surface area contributed by atoms with Crippen molar-refractivity contribution in [3.05, 3.63) is 0 Å². The van der Waals surface area contributed by atoms with Gasteiger partial charge >= 0.3 is 0 Å². The van der Waals surface area contributed by atoms with Gasteiger partial charge in [-0.3, -0.25) is 0 Å². The lowest BCUT2D eigenvalue weighted by molar-refractivity contribution is 0.330. The predicted octanol–water partition coefficient (Wildman–Crippen LogP) is 0.0103. The van der Waals surface area contributed by atoms with Gasteiger partial charge in [0.25, 0.3) is 0 Å². The van der Waals surface area contributed by atoms with E-state index in [0.717, 1.165) is 45.4 Å². The van der Waals surface area contributed by atoms with Gasteiger partial charge in [0.15, 0.2) is 9.84 Å². The van der Waals surface area contributed by atoms with Crippen molar-refractivity contribution in [2.45, 2.75) is 19.3 Å². The molecule has 0 amide bonds. The van der Waals surface area contributed by atoms with E-state index in [1.807, 2.05) is 0 Å². The molecular weight excluding hydrogens is 224 g/mol. The molecule has 2 heterocycles. The van der Waals surface area contributed by atoms with Gasteiger partial charge < -0.3 is 10.6 Å². The number of nitrogens with one attached hydrogen (secondary N) is 2. The molecule has 94 valence electrons. The number of hydrogen-bond donors (Lipinski definition) is 2. The lowest BCUT2D eigenvalue weighted by Gasteiger charge is -2.24. The topological polar surface area (TPSA) is 58.2 Å². The summed E-state index contributed by atoms with van der Waals surface area (Å²) >= 11 is 0. The fraction of sp³-hybridized carbons (Fsp3) is 1.00. The van der Waals surface area contributed by atoms with Crippen molar-refractivity contribution in [3.63, 3.8) is 0 Å². The first-order valence-corrected chi connectivity index (χ1v) is 8.11. The fourth-order valence-corrected chi connectivity index (χ4v) is 4.65. The molecule has 0 aromatic carbocycles. The minimum absolute atomic E-state index is 0.352. The molecular formula is C11H22N2O2S. The van der Waals surface area contributed by atoms with Crippen LogP contribution in [0.15, 0.2) is 0 Å². The number of rotatable bonds is 1. The minimum Gasteiger partial charge on any atom is -0.315 e. The zero-order valence-electron chi connectivity index (χ0n) is 9.74. The van der Waals surface area contributed by atoms with Gasteiger partial charge in [0.05, 0.1) is 11.5 Å². The van der Waals surface area contributed by atoms with Crippen molar-refractivity contribution >= 4 is 9.84 Å². The smallest absolute Gasteiger partial charge is 0.150 e. The highest BCUT2D eigenvalue weighted by Crippen LogP contribution is 2.25. The van der Waals surface area contributed by atoms with Gasteiger partial charge in [-0.1, -0.05) is 6.42 Å². The molecule has 1 atom stereocenters. The molecule has 0 radical (unpaired) electrons. The minimum atomic E-state index is -2.79. The monoisotopic (exact) mass is 246 g/mol. The van der Waals surface area contributed by atoms with Crippen molar-refractivity contribution in [1.29, 1.82) is 0 Å². The Morgan fingerprint density at radius 1 is 0.938 bits per heavy atom. The quantitative estimate of drug-likeness (QED) is 0.684. The Balaban J connectivity index is 2.00. The van der Waals surface area contributed by atoms with Crippen LogP contribution < -0.4 is 10.6 Å². The molecule has 16 heavy (non-hydrogen) atoms. The second kappa shape index (κ2) is 5.47.